The molecule has 5 nitrogen and oxygen atoms in total. The number of benzene rings is 2. The highest BCUT2D eigenvalue weighted by Gasteiger charge is 2.33. The fourth-order valence-electron chi connectivity index (χ4n) is 2.74. The summed E-state index contributed by atoms with van der Waals surface area (Å²) in [5, 5.41) is 0. The van der Waals surface area contributed by atoms with E-state index in [1.807, 2.05) is 30.3 Å². The average Bonchev–Trinajstić information content (AvgIpc) is 2.95. The normalized spacial score (nSPS) is 17.8. The molecule has 1 aliphatic rings. The predicted molar refractivity (Wildman–Crippen MR) is 90.2 cm³/mol. The number of nitrogens with zero attached hydrogens (tertiary/aromatic N) is 1. The highest BCUT2D eigenvalue weighted by molar-refractivity contribution is 7.91. The van der Waals surface area contributed by atoms with Crippen LogP contribution in [0.1, 0.15) is 12.0 Å². The van der Waals surface area contributed by atoms with Gasteiger partial charge in [-0.05, 0) is 24.1 Å². The zero-order chi connectivity index (χ0) is 17.0. The van der Waals surface area contributed by atoms with Gasteiger partial charge in [0.15, 0.2) is 9.84 Å². The zero-order valence-electron chi connectivity index (χ0n) is 13.2. The molecule has 0 bridgehead atoms. The summed E-state index contributed by atoms with van der Waals surface area (Å²) in [5.74, 6) is -0.0103. The number of cyclic esters (lactones) is 1. The number of hydrogen-bond acceptors (Lipinski definition) is 4. The standard InChI is InChI=1S/C18H19NO4S/c20-18-19(13-15-7-3-1-4-8-15)16(14-23-18)11-12-24(21,22)17-9-5-2-6-10-17/h1-10,16H,11-14H2/t16-/m0/s1. The van der Waals surface area contributed by atoms with Crippen LogP contribution < -0.4 is 0 Å². The van der Waals surface area contributed by atoms with Crippen LogP contribution in [-0.2, 0) is 21.1 Å². The Hall–Kier alpha value is -2.34. The summed E-state index contributed by atoms with van der Waals surface area (Å²) < 4.78 is 29.9. The zero-order valence-corrected chi connectivity index (χ0v) is 14.0. The second-order valence-corrected chi connectivity index (χ2v) is 7.87. The van der Waals surface area contributed by atoms with E-state index < -0.39 is 9.84 Å². The van der Waals surface area contributed by atoms with Gasteiger partial charge in [-0.1, -0.05) is 48.5 Å². The molecule has 1 aliphatic heterocycles. The molecule has 3 rings (SSSR count). The largest absolute Gasteiger partial charge is 0.447 e. The highest BCUT2D eigenvalue weighted by Crippen LogP contribution is 2.21. The lowest BCUT2D eigenvalue weighted by atomic mass is 10.1. The topological polar surface area (TPSA) is 63.7 Å². The Morgan fingerprint density at radius 2 is 1.62 bits per heavy atom. The second-order valence-electron chi connectivity index (χ2n) is 5.76. The molecule has 1 saturated heterocycles. The monoisotopic (exact) mass is 345 g/mol. The smallest absolute Gasteiger partial charge is 0.410 e. The summed E-state index contributed by atoms with van der Waals surface area (Å²) in [6.45, 7) is 0.658. The summed E-state index contributed by atoms with van der Waals surface area (Å²) in [6, 6.07) is 17.7. The minimum Gasteiger partial charge on any atom is -0.447 e. The van der Waals surface area contributed by atoms with Gasteiger partial charge in [0.25, 0.3) is 0 Å². The first-order valence-electron chi connectivity index (χ1n) is 7.81. The minimum absolute atomic E-state index is 0.0103. The molecule has 2 aromatic carbocycles. The van der Waals surface area contributed by atoms with E-state index in [1.54, 1.807) is 35.2 Å². The van der Waals surface area contributed by atoms with Crippen LogP contribution in [0.5, 0.6) is 0 Å². The van der Waals surface area contributed by atoms with Crippen molar-refractivity contribution in [3.63, 3.8) is 0 Å². The number of rotatable bonds is 6. The van der Waals surface area contributed by atoms with Crippen molar-refractivity contribution in [3.05, 3.63) is 66.2 Å². The van der Waals surface area contributed by atoms with Gasteiger partial charge in [-0.15, -0.1) is 0 Å². The molecule has 24 heavy (non-hydrogen) atoms. The Kier molecular flexibility index (Phi) is 4.85. The molecular formula is C18H19NO4S. The van der Waals surface area contributed by atoms with Crippen LogP contribution in [0.25, 0.3) is 0 Å². The van der Waals surface area contributed by atoms with E-state index in [0.29, 0.717) is 17.9 Å². The average molecular weight is 345 g/mol. The maximum Gasteiger partial charge on any atom is 0.410 e. The maximum absolute atomic E-state index is 12.4. The van der Waals surface area contributed by atoms with Crippen molar-refractivity contribution < 1.29 is 17.9 Å². The minimum atomic E-state index is -3.36. The SMILES string of the molecule is O=C1OC[C@H](CCS(=O)(=O)c2ccccc2)N1Cc1ccccc1. The van der Waals surface area contributed by atoms with Gasteiger partial charge < -0.3 is 4.74 Å². The first-order valence-corrected chi connectivity index (χ1v) is 9.46. The van der Waals surface area contributed by atoms with Crippen molar-refractivity contribution in [3.8, 4) is 0 Å². The summed E-state index contributed by atoms with van der Waals surface area (Å²) in [5.41, 5.74) is 0.993. The first-order chi connectivity index (χ1) is 11.6. The van der Waals surface area contributed by atoms with E-state index in [9.17, 15) is 13.2 Å². The van der Waals surface area contributed by atoms with Crippen LogP contribution >= 0.6 is 0 Å². The van der Waals surface area contributed by atoms with Crippen LogP contribution in [0.2, 0.25) is 0 Å². The van der Waals surface area contributed by atoms with Crippen LogP contribution in [0, 0.1) is 0 Å². The molecule has 2 aromatic rings. The molecule has 0 saturated carbocycles. The molecule has 126 valence electrons. The molecule has 1 fully saturated rings. The fourth-order valence-corrected chi connectivity index (χ4v) is 4.13. The van der Waals surface area contributed by atoms with E-state index in [0.717, 1.165) is 5.56 Å². The third kappa shape index (κ3) is 3.76. The Bertz CT molecular complexity index is 790. The van der Waals surface area contributed by atoms with Gasteiger partial charge in [-0.2, -0.15) is 0 Å². The number of carbonyl (C=O) groups excluding carboxylic acids is 1. The van der Waals surface area contributed by atoms with E-state index in [2.05, 4.69) is 0 Å². The molecule has 0 spiro atoms. The maximum atomic E-state index is 12.4. The van der Waals surface area contributed by atoms with Crippen LogP contribution in [0.3, 0.4) is 0 Å². The third-order valence-corrected chi connectivity index (χ3v) is 5.86. The Morgan fingerprint density at radius 1 is 1.00 bits per heavy atom. The van der Waals surface area contributed by atoms with Crippen LogP contribution in [0.4, 0.5) is 4.79 Å². The molecular weight excluding hydrogens is 326 g/mol. The summed E-state index contributed by atoms with van der Waals surface area (Å²) >= 11 is 0. The molecule has 1 amide bonds. The second kappa shape index (κ2) is 7.05. The van der Waals surface area contributed by atoms with Gasteiger partial charge in [0.2, 0.25) is 0 Å². The van der Waals surface area contributed by atoms with Crippen molar-refractivity contribution in [2.75, 3.05) is 12.4 Å². The van der Waals surface area contributed by atoms with Crippen molar-refractivity contribution in [2.45, 2.75) is 23.9 Å². The van der Waals surface area contributed by atoms with Crippen molar-refractivity contribution in [1.82, 2.24) is 4.90 Å². The lowest BCUT2D eigenvalue weighted by molar-refractivity contribution is 0.156. The molecule has 0 aliphatic carbocycles. The molecule has 0 N–H and O–H groups in total. The van der Waals surface area contributed by atoms with E-state index in [1.165, 1.54) is 0 Å². The van der Waals surface area contributed by atoms with Gasteiger partial charge >= 0.3 is 6.09 Å². The molecule has 1 heterocycles. The van der Waals surface area contributed by atoms with Gasteiger partial charge in [0.1, 0.15) is 6.61 Å². The van der Waals surface area contributed by atoms with Gasteiger partial charge in [-0.25, -0.2) is 13.2 Å². The molecule has 0 radical (unpaired) electrons. The number of hydrogen-bond donors (Lipinski definition) is 0. The predicted octanol–water partition coefficient (Wildman–Crippen LogP) is 2.87. The quantitative estimate of drug-likeness (QED) is 0.807. The number of sulfone groups is 1. The Balaban J connectivity index is 1.67. The molecule has 1 atom stereocenters. The molecule has 6 heteroatoms. The van der Waals surface area contributed by atoms with Crippen molar-refractivity contribution in [1.29, 1.82) is 0 Å². The lowest BCUT2D eigenvalue weighted by Gasteiger charge is -2.21. The summed E-state index contributed by atoms with van der Waals surface area (Å²) in [4.78, 5) is 13.9. The molecule has 0 aromatic heterocycles. The number of carbonyl (C=O) groups is 1. The highest BCUT2D eigenvalue weighted by atomic mass is 32.2. The van der Waals surface area contributed by atoms with Gasteiger partial charge in [0, 0.05) is 6.54 Å². The molecule has 0 unspecified atom stereocenters. The van der Waals surface area contributed by atoms with Crippen molar-refractivity contribution in [2.24, 2.45) is 0 Å². The Labute approximate surface area is 141 Å². The summed E-state index contributed by atoms with van der Waals surface area (Å²) in [7, 11) is -3.36. The van der Waals surface area contributed by atoms with Crippen LogP contribution in [0.15, 0.2) is 65.6 Å². The van der Waals surface area contributed by atoms with E-state index in [4.69, 9.17) is 4.74 Å². The van der Waals surface area contributed by atoms with E-state index >= 15 is 0 Å². The summed E-state index contributed by atoms with van der Waals surface area (Å²) in [6.07, 6.45) is -0.0311. The van der Waals surface area contributed by atoms with E-state index in [-0.39, 0.29) is 24.5 Å². The lowest BCUT2D eigenvalue weighted by Crippen LogP contribution is -2.34. The van der Waals surface area contributed by atoms with Crippen LogP contribution in [-0.4, -0.2) is 37.8 Å². The third-order valence-electron chi connectivity index (χ3n) is 4.09. The number of amides is 1. The first kappa shape index (κ1) is 16.5. The Morgan fingerprint density at radius 3 is 2.29 bits per heavy atom. The van der Waals surface area contributed by atoms with Gasteiger partial charge in [0.05, 0.1) is 16.7 Å². The van der Waals surface area contributed by atoms with Gasteiger partial charge in [-0.3, -0.25) is 4.90 Å². The fraction of sp³-hybridized carbons (Fsp3) is 0.278. The number of ether oxygens (including phenoxy) is 1. The van der Waals surface area contributed by atoms with Crippen molar-refractivity contribution >= 4 is 15.9 Å².